The van der Waals surface area contributed by atoms with Crippen molar-refractivity contribution in [2.24, 2.45) is 0 Å². The second-order valence-corrected chi connectivity index (χ2v) is 5.88. The first-order valence-electron chi connectivity index (χ1n) is 7.03. The molecule has 0 aliphatic heterocycles. The summed E-state index contributed by atoms with van der Waals surface area (Å²) >= 11 is 1.74. The zero-order valence-corrected chi connectivity index (χ0v) is 13.1. The predicted octanol–water partition coefficient (Wildman–Crippen LogP) is 2.55. The van der Waals surface area contributed by atoms with Gasteiger partial charge in [0.2, 0.25) is 0 Å². The van der Waals surface area contributed by atoms with Gasteiger partial charge in [-0.2, -0.15) is 0 Å². The largest absolute Gasteiger partial charge is 0.395 e. The van der Waals surface area contributed by atoms with E-state index in [0.29, 0.717) is 6.42 Å². The number of nitrogens with zero attached hydrogens (tertiary/aromatic N) is 2. The SMILES string of the molecule is CN(CCc1ccccn1)Cc1cc(C#CCCO)cs1. The van der Waals surface area contributed by atoms with Crippen LogP contribution in [0.1, 0.15) is 22.6 Å². The highest BCUT2D eigenvalue weighted by Gasteiger charge is 2.04. The van der Waals surface area contributed by atoms with E-state index in [4.69, 9.17) is 5.11 Å². The van der Waals surface area contributed by atoms with Crippen molar-refractivity contribution in [2.45, 2.75) is 19.4 Å². The van der Waals surface area contributed by atoms with Gasteiger partial charge in [0, 0.05) is 53.6 Å². The average molecular weight is 300 g/mol. The van der Waals surface area contributed by atoms with E-state index in [9.17, 15) is 0 Å². The minimum Gasteiger partial charge on any atom is -0.395 e. The summed E-state index contributed by atoms with van der Waals surface area (Å²) in [6.45, 7) is 2.04. The molecule has 2 aromatic heterocycles. The molecule has 0 aromatic carbocycles. The molecule has 110 valence electrons. The summed E-state index contributed by atoms with van der Waals surface area (Å²) in [5.41, 5.74) is 2.17. The van der Waals surface area contributed by atoms with Crippen LogP contribution in [0.4, 0.5) is 0 Å². The molecule has 0 fully saturated rings. The summed E-state index contributed by atoms with van der Waals surface area (Å²) < 4.78 is 0. The molecular weight excluding hydrogens is 280 g/mol. The Labute approximate surface area is 130 Å². The fourth-order valence-corrected chi connectivity index (χ4v) is 2.84. The van der Waals surface area contributed by atoms with E-state index in [1.165, 1.54) is 4.88 Å². The van der Waals surface area contributed by atoms with Crippen LogP contribution in [-0.2, 0) is 13.0 Å². The van der Waals surface area contributed by atoms with Gasteiger partial charge >= 0.3 is 0 Å². The summed E-state index contributed by atoms with van der Waals surface area (Å²) in [6.07, 6.45) is 3.34. The standard InChI is InChI=1S/C17H20N2OS/c1-19(10-8-16-7-2-4-9-18-16)13-17-12-15(14-21-17)6-3-5-11-20/h2,4,7,9,12,14,20H,5,8,10-11,13H2,1H3. The van der Waals surface area contributed by atoms with Crippen molar-refractivity contribution >= 4 is 11.3 Å². The molecule has 0 bridgehead atoms. The highest BCUT2D eigenvalue weighted by molar-refractivity contribution is 7.10. The lowest BCUT2D eigenvalue weighted by atomic mass is 10.2. The Morgan fingerprint density at radius 3 is 3.05 bits per heavy atom. The molecule has 3 nitrogen and oxygen atoms in total. The number of aliphatic hydroxyl groups excluding tert-OH is 1. The number of rotatable bonds is 6. The Bertz CT molecular complexity index is 598. The van der Waals surface area contributed by atoms with E-state index in [2.05, 4.69) is 46.3 Å². The second kappa shape index (κ2) is 8.58. The lowest BCUT2D eigenvalue weighted by Gasteiger charge is -2.14. The van der Waals surface area contributed by atoms with Gasteiger partial charge in [-0.1, -0.05) is 17.9 Å². The van der Waals surface area contributed by atoms with Crippen LogP contribution in [0, 0.1) is 11.8 Å². The van der Waals surface area contributed by atoms with Crippen LogP contribution in [0.15, 0.2) is 35.8 Å². The molecule has 1 N–H and O–H groups in total. The van der Waals surface area contributed by atoms with E-state index in [1.54, 1.807) is 11.3 Å². The topological polar surface area (TPSA) is 36.4 Å². The first-order valence-corrected chi connectivity index (χ1v) is 7.91. The molecule has 0 atom stereocenters. The molecule has 0 unspecified atom stereocenters. The van der Waals surface area contributed by atoms with Crippen LogP contribution >= 0.6 is 11.3 Å². The van der Waals surface area contributed by atoms with Crippen molar-refractivity contribution in [2.75, 3.05) is 20.2 Å². The van der Waals surface area contributed by atoms with Crippen molar-refractivity contribution in [3.05, 3.63) is 52.0 Å². The Balaban J connectivity index is 1.80. The number of pyridine rings is 1. The molecule has 0 saturated carbocycles. The van der Waals surface area contributed by atoms with Crippen molar-refractivity contribution < 1.29 is 5.11 Å². The Kier molecular flexibility index (Phi) is 6.42. The zero-order valence-electron chi connectivity index (χ0n) is 12.2. The maximum absolute atomic E-state index is 8.71. The fourth-order valence-electron chi connectivity index (χ4n) is 1.95. The van der Waals surface area contributed by atoms with Gasteiger partial charge in [0.25, 0.3) is 0 Å². The second-order valence-electron chi connectivity index (χ2n) is 4.89. The number of hydrogen-bond donors (Lipinski definition) is 1. The molecule has 0 spiro atoms. The summed E-state index contributed by atoms with van der Waals surface area (Å²) in [7, 11) is 2.12. The van der Waals surface area contributed by atoms with Crippen LogP contribution in [0.3, 0.4) is 0 Å². The van der Waals surface area contributed by atoms with E-state index in [-0.39, 0.29) is 6.61 Å². The summed E-state index contributed by atoms with van der Waals surface area (Å²) in [6, 6.07) is 8.16. The number of aromatic nitrogens is 1. The monoisotopic (exact) mass is 300 g/mol. The Morgan fingerprint density at radius 1 is 1.38 bits per heavy atom. The third kappa shape index (κ3) is 5.68. The number of likely N-dealkylation sites (N-methyl/N-ethyl adjacent to an activating group) is 1. The number of thiophene rings is 1. The van der Waals surface area contributed by atoms with Gasteiger partial charge in [-0.05, 0) is 25.2 Å². The smallest absolute Gasteiger partial charge is 0.0540 e. The molecule has 2 aromatic rings. The fraction of sp³-hybridized carbons (Fsp3) is 0.353. The molecule has 0 aliphatic rings. The number of aliphatic hydroxyl groups is 1. The summed E-state index contributed by atoms with van der Waals surface area (Å²) in [5, 5.41) is 10.8. The minimum absolute atomic E-state index is 0.125. The Morgan fingerprint density at radius 2 is 2.29 bits per heavy atom. The molecule has 0 aliphatic carbocycles. The van der Waals surface area contributed by atoms with Gasteiger partial charge in [-0.3, -0.25) is 4.98 Å². The van der Waals surface area contributed by atoms with Crippen molar-refractivity contribution in [3.8, 4) is 11.8 Å². The van der Waals surface area contributed by atoms with Crippen LogP contribution in [-0.4, -0.2) is 35.2 Å². The van der Waals surface area contributed by atoms with Gasteiger partial charge in [-0.25, -0.2) is 0 Å². The summed E-state index contributed by atoms with van der Waals surface area (Å²) in [4.78, 5) is 7.95. The molecule has 0 radical (unpaired) electrons. The van der Waals surface area contributed by atoms with Crippen molar-refractivity contribution in [1.29, 1.82) is 0 Å². The third-order valence-electron chi connectivity index (χ3n) is 3.02. The zero-order chi connectivity index (χ0) is 14.9. The van der Waals surface area contributed by atoms with Crippen molar-refractivity contribution in [3.63, 3.8) is 0 Å². The molecule has 0 saturated heterocycles. The molecule has 2 heterocycles. The highest BCUT2D eigenvalue weighted by atomic mass is 32.1. The molecule has 0 amide bonds. The highest BCUT2D eigenvalue weighted by Crippen LogP contribution is 2.15. The van der Waals surface area contributed by atoms with Crippen LogP contribution in [0.5, 0.6) is 0 Å². The molecule has 21 heavy (non-hydrogen) atoms. The average Bonchev–Trinajstić information content (AvgIpc) is 2.94. The normalized spacial score (nSPS) is 10.4. The van der Waals surface area contributed by atoms with Gasteiger partial charge in [0.1, 0.15) is 0 Å². The van der Waals surface area contributed by atoms with Gasteiger partial charge < -0.3 is 10.0 Å². The third-order valence-corrected chi connectivity index (χ3v) is 3.95. The maximum Gasteiger partial charge on any atom is 0.0540 e. The van der Waals surface area contributed by atoms with Crippen LogP contribution in [0.25, 0.3) is 0 Å². The van der Waals surface area contributed by atoms with E-state index in [0.717, 1.165) is 30.8 Å². The minimum atomic E-state index is 0.125. The first kappa shape index (κ1) is 15.7. The quantitative estimate of drug-likeness (QED) is 0.833. The van der Waals surface area contributed by atoms with Crippen LogP contribution < -0.4 is 0 Å². The van der Waals surface area contributed by atoms with E-state index >= 15 is 0 Å². The molecule has 4 heteroatoms. The Hall–Kier alpha value is -1.67. The van der Waals surface area contributed by atoms with Gasteiger partial charge in [-0.15, -0.1) is 11.3 Å². The van der Waals surface area contributed by atoms with Gasteiger partial charge in [0.05, 0.1) is 6.61 Å². The molecule has 2 rings (SSSR count). The maximum atomic E-state index is 8.71. The predicted molar refractivity (Wildman–Crippen MR) is 87.2 cm³/mol. The lowest BCUT2D eigenvalue weighted by Crippen LogP contribution is -2.20. The van der Waals surface area contributed by atoms with Crippen LogP contribution in [0.2, 0.25) is 0 Å². The molecular formula is C17H20N2OS. The first-order chi connectivity index (χ1) is 10.3. The van der Waals surface area contributed by atoms with E-state index in [1.807, 2.05) is 18.3 Å². The number of hydrogen-bond acceptors (Lipinski definition) is 4. The van der Waals surface area contributed by atoms with E-state index < -0.39 is 0 Å². The summed E-state index contributed by atoms with van der Waals surface area (Å²) in [5.74, 6) is 6.02. The lowest BCUT2D eigenvalue weighted by molar-refractivity contribution is 0.305. The van der Waals surface area contributed by atoms with Crippen molar-refractivity contribution in [1.82, 2.24) is 9.88 Å². The van der Waals surface area contributed by atoms with Gasteiger partial charge in [0.15, 0.2) is 0 Å².